The molecule has 0 radical (unpaired) electrons. The predicted molar refractivity (Wildman–Crippen MR) is 124 cm³/mol. The van der Waals surface area contributed by atoms with Gasteiger partial charge in [0.25, 0.3) is 5.91 Å². The molecule has 1 fully saturated rings. The van der Waals surface area contributed by atoms with Crippen LogP contribution in [0.2, 0.25) is 0 Å². The lowest BCUT2D eigenvalue weighted by molar-refractivity contribution is -0.135. The van der Waals surface area contributed by atoms with Crippen molar-refractivity contribution < 1.29 is 19.0 Å². The van der Waals surface area contributed by atoms with E-state index in [4.69, 9.17) is 19.2 Å². The Hall–Kier alpha value is -3.10. The summed E-state index contributed by atoms with van der Waals surface area (Å²) in [5, 5.41) is 3.16. The van der Waals surface area contributed by atoms with Crippen LogP contribution in [0.1, 0.15) is 5.01 Å². The Morgan fingerprint density at radius 1 is 0.969 bits per heavy atom. The average Bonchev–Trinajstić information content (AvgIpc) is 3.31. The largest absolute Gasteiger partial charge is 0.497 e. The highest BCUT2D eigenvalue weighted by Crippen LogP contribution is 2.26. The number of hydrogen-bond acceptors (Lipinski definition) is 7. The lowest BCUT2D eigenvalue weighted by Gasteiger charge is -2.34. The zero-order valence-corrected chi connectivity index (χ0v) is 19.1. The molecule has 2 aromatic carbocycles. The number of rotatable bonds is 8. The van der Waals surface area contributed by atoms with Crippen LogP contribution in [0.3, 0.4) is 0 Å². The molecule has 32 heavy (non-hydrogen) atoms. The first kappa shape index (κ1) is 22.1. The first-order chi connectivity index (χ1) is 15.6. The molecular weight excluding hydrogens is 426 g/mol. The van der Waals surface area contributed by atoms with Crippen LogP contribution in [-0.4, -0.2) is 67.7 Å². The van der Waals surface area contributed by atoms with E-state index in [0.29, 0.717) is 24.6 Å². The van der Waals surface area contributed by atoms with Gasteiger partial charge in [0.2, 0.25) is 0 Å². The molecule has 1 amide bonds. The van der Waals surface area contributed by atoms with E-state index in [0.717, 1.165) is 41.6 Å². The van der Waals surface area contributed by atoms with Crippen LogP contribution >= 0.6 is 11.3 Å². The third kappa shape index (κ3) is 5.57. The van der Waals surface area contributed by atoms with Gasteiger partial charge in [0, 0.05) is 43.2 Å². The zero-order chi connectivity index (χ0) is 22.3. The molecule has 0 N–H and O–H groups in total. The number of carbonyl (C=O) groups excluding carboxylic acids is 1. The smallest absolute Gasteiger partial charge is 0.260 e. The van der Waals surface area contributed by atoms with Crippen LogP contribution in [0.25, 0.3) is 11.3 Å². The molecular formula is C24H27N3O4S. The molecule has 0 aliphatic carbocycles. The number of piperazine rings is 1. The summed E-state index contributed by atoms with van der Waals surface area (Å²) in [6.07, 6.45) is 0. The van der Waals surface area contributed by atoms with Crippen LogP contribution in [-0.2, 0) is 11.3 Å². The van der Waals surface area contributed by atoms with E-state index in [9.17, 15) is 4.79 Å². The number of benzene rings is 2. The monoisotopic (exact) mass is 453 g/mol. The molecule has 3 aromatic rings. The molecule has 1 aromatic heterocycles. The van der Waals surface area contributed by atoms with E-state index < -0.39 is 0 Å². The number of thiazole rings is 1. The summed E-state index contributed by atoms with van der Waals surface area (Å²) in [6.45, 7) is 3.83. The van der Waals surface area contributed by atoms with Gasteiger partial charge >= 0.3 is 0 Å². The second-order valence-corrected chi connectivity index (χ2v) is 8.43. The molecule has 1 aliphatic rings. The number of carbonyl (C=O) groups is 1. The van der Waals surface area contributed by atoms with Gasteiger partial charge in [0.15, 0.2) is 6.61 Å². The Kier molecular flexibility index (Phi) is 7.24. The van der Waals surface area contributed by atoms with Gasteiger partial charge in [-0.05, 0) is 24.3 Å². The van der Waals surface area contributed by atoms with Crippen LogP contribution in [0.15, 0.2) is 53.9 Å². The SMILES string of the molecule is COc1cccc(OCC(=O)N2CCN(Cc3nc(-c4cccc(OC)c4)cs3)CC2)c1. The van der Waals surface area contributed by atoms with Gasteiger partial charge in [0.05, 0.1) is 26.5 Å². The Morgan fingerprint density at radius 2 is 1.66 bits per heavy atom. The highest BCUT2D eigenvalue weighted by Gasteiger charge is 2.22. The fourth-order valence-corrected chi connectivity index (χ4v) is 4.42. The molecule has 1 aliphatic heterocycles. The molecule has 0 atom stereocenters. The van der Waals surface area contributed by atoms with E-state index in [1.54, 1.807) is 31.6 Å². The quantitative estimate of drug-likeness (QED) is 0.520. The molecule has 7 nitrogen and oxygen atoms in total. The topological polar surface area (TPSA) is 64.1 Å². The zero-order valence-electron chi connectivity index (χ0n) is 18.3. The van der Waals surface area contributed by atoms with E-state index in [-0.39, 0.29) is 12.5 Å². The van der Waals surface area contributed by atoms with Gasteiger partial charge in [-0.15, -0.1) is 11.3 Å². The summed E-state index contributed by atoms with van der Waals surface area (Å²) in [5.74, 6) is 2.17. The first-order valence-electron chi connectivity index (χ1n) is 10.5. The minimum atomic E-state index is 0.00188. The molecule has 0 bridgehead atoms. The second-order valence-electron chi connectivity index (χ2n) is 7.48. The van der Waals surface area contributed by atoms with Gasteiger partial charge in [-0.25, -0.2) is 4.98 Å². The summed E-state index contributed by atoms with van der Waals surface area (Å²) >= 11 is 1.66. The van der Waals surface area contributed by atoms with Crippen LogP contribution in [0.5, 0.6) is 17.2 Å². The molecule has 168 valence electrons. The van der Waals surface area contributed by atoms with Crippen molar-refractivity contribution in [2.45, 2.75) is 6.54 Å². The highest BCUT2D eigenvalue weighted by atomic mass is 32.1. The maximum atomic E-state index is 12.5. The van der Waals surface area contributed by atoms with Crippen molar-refractivity contribution in [3.8, 4) is 28.5 Å². The van der Waals surface area contributed by atoms with Crippen molar-refractivity contribution in [3.05, 3.63) is 58.9 Å². The van der Waals surface area contributed by atoms with Crippen molar-refractivity contribution in [2.75, 3.05) is 47.0 Å². The highest BCUT2D eigenvalue weighted by molar-refractivity contribution is 7.09. The lowest BCUT2D eigenvalue weighted by atomic mass is 10.2. The third-order valence-corrected chi connectivity index (χ3v) is 6.24. The number of aromatic nitrogens is 1. The molecule has 8 heteroatoms. The standard InChI is InChI=1S/C24H27N3O4S/c1-29-19-6-3-5-18(13-19)22-17-32-23(25-22)15-26-9-11-27(12-10-26)24(28)16-31-21-8-4-7-20(14-21)30-2/h3-8,13-14,17H,9-12,15-16H2,1-2H3. The number of amides is 1. The van der Waals surface area contributed by atoms with Crippen molar-refractivity contribution in [2.24, 2.45) is 0 Å². The van der Waals surface area contributed by atoms with Crippen molar-refractivity contribution in [3.63, 3.8) is 0 Å². The summed E-state index contributed by atoms with van der Waals surface area (Å²) in [4.78, 5) is 21.5. The maximum absolute atomic E-state index is 12.5. The first-order valence-corrected chi connectivity index (χ1v) is 11.4. The van der Waals surface area contributed by atoms with Gasteiger partial charge in [-0.3, -0.25) is 9.69 Å². The van der Waals surface area contributed by atoms with Gasteiger partial charge in [-0.1, -0.05) is 18.2 Å². The van der Waals surface area contributed by atoms with Crippen LogP contribution < -0.4 is 14.2 Å². The van der Waals surface area contributed by atoms with Crippen molar-refractivity contribution in [1.82, 2.24) is 14.8 Å². The van der Waals surface area contributed by atoms with Crippen molar-refractivity contribution >= 4 is 17.2 Å². The fraction of sp³-hybridized carbons (Fsp3) is 0.333. The van der Waals surface area contributed by atoms with Crippen LogP contribution in [0, 0.1) is 0 Å². The second kappa shape index (κ2) is 10.5. The Balaban J connectivity index is 1.25. The Labute approximate surface area is 192 Å². The number of hydrogen-bond donors (Lipinski definition) is 0. The van der Waals surface area contributed by atoms with Gasteiger partial charge < -0.3 is 19.1 Å². The van der Waals surface area contributed by atoms with E-state index in [1.807, 2.05) is 47.4 Å². The summed E-state index contributed by atoms with van der Waals surface area (Å²) in [7, 11) is 3.27. The average molecular weight is 454 g/mol. The summed E-state index contributed by atoms with van der Waals surface area (Å²) in [5.41, 5.74) is 2.02. The van der Waals surface area contributed by atoms with E-state index in [2.05, 4.69) is 10.3 Å². The fourth-order valence-electron chi connectivity index (χ4n) is 3.57. The minimum absolute atomic E-state index is 0.00188. The van der Waals surface area contributed by atoms with Gasteiger partial charge in [0.1, 0.15) is 22.3 Å². The molecule has 0 spiro atoms. The lowest BCUT2D eigenvalue weighted by Crippen LogP contribution is -2.49. The Morgan fingerprint density at radius 3 is 2.41 bits per heavy atom. The Bertz CT molecular complexity index is 1050. The van der Waals surface area contributed by atoms with E-state index >= 15 is 0 Å². The number of ether oxygens (including phenoxy) is 3. The van der Waals surface area contributed by atoms with Crippen molar-refractivity contribution in [1.29, 1.82) is 0 Å². The third-order valence-electron chi connectivity index (χ3n) is 5.40. The van der Waals surface area contributed by atoms with Gasteiger partial charge in [-0.2, -0.15) is 0 Å². The minimum Gasteiger partial charge on any atom is -0.497 e. The molecule has 1 saturated heterocycles. The normalized spacial score (nSPS) is 14.2. The molecule has 2 heterocycles. The summed E-state index contributed by atoms with van der Waals surface area (Å²) in [6, 6.07) is 15.2. The summed E-state index contributed by atoms with van der Waals surface area (Å²) < 4.78 is 16.1. The van der Waals surface area contributed by atoms with Crippen LogP contribution in [0.4, 0.5) is 0 Å². The molecule has 0 unspecified atom stereocenters. The number of methoxy groups -OCH3 is 2. The molecule has 4 rings (SSSR count). The molecule has 0 saturated carbocycles. The number of nitrogens with zero attached hydrogens (tertiary/aromatic N) is 3. The maximum Gasteiger partial charge on any atom is 0.260 e. The van der Waals surface area contributed by atoms with E-state index in [1.165, 1.54) is 0 Å². The predicted octanol–water partition coefficient (Wildman–Crippen LogP) is 3.55.